The predicted octanol–water partition coefficient (Wildman–Crippen LogP) is 1.33. The number of aliphatic hydroxyl groups is 2. The van der Waals surface area contributed by atoms with Gasteiger partial charge in [-0.05, 0) is 23.2 Å². The molecule has 2 N–H and O–H groups in total. The number of nitrogens with zero attached hydrogens (tertiary/aromatic N) is 5. The van der Waals surface area contributed by atoms with Gasteiger partial charge in [0.25, 0.3) is 0 Å². The number of benzene rings is 1. The second kappa shape index (κ2) is 5.42. The van der Waals surface area contributed by atoms with E-state index < -0.39 is 12.2 Å². The minimum atomic E-state index is -1.14. The molecule has 0 saturated carbocycles. The Morgan fingerprint density at radius 3 is 2.67 bits per heavy atom. The van der Waals surface area contributed by atoms with Crippen molar-refractivity contribution in [3.63, 3.8) is 0 Å². The normalized spacial score (nSPS) is 13.9. The monoisotopic (exact) mass is 245 g/mol. The van der Waals surface area contributed by atoms with Crippen molar-refractivity contribution < 1.29 is 10.2 Å². The molecule has 7 heteroatoms. The number of rotatable bonds is 4. The van der Waals surface area contributed by atoms with Gasteiger partial charge in [-0.2, -0.15) is 0 Å². The second-order valence-corrected chi connectivity index (χ2v) is 3.73. The van der Waals surface area contributed by atoms with Crippen molar-refractivity contribution >= 4 is 11.0 Å². The number of fused-ring (bicyclic) bond motifs is 1. The van der Waals surface area contributed by atoms with Gasteiger partial charge in [-0.1, -0.05) is 11.2 Å². The Hall–Kier alpha value is -2.21. The molecule has 0 amide bonds. The van der Waals surface area contributed by atoms with E-state index >= 15 is 0 Å². The van der Waals surface area contributed by atoms with Crippen LogP contribution in [0.25, 0.3) is 21.5 Å². The van der Waals surface area contributed by atoms with Crippen LogP contribution in [0.1, 0.15) is 11.7 Å². The zero-order valence-corrected chi connectivity index (χ0v) is 9.38. The first-order valence-corrected chi connectivity index (χ1v) is 5.30. The number of aromatic nitrogens is 2. The van der Waals surface area contributed by atoms with Gasteiger partial charge in [-0.15, -0.1) is 0 Å². The van der Waals surface area contributed by atoms with E-state index in [1.54, 1.807) is 30.6 Å². The van der Waals surface area contributed by atoms with E-state index in [-0.39, 0.29) is 6.54 Å². The van der Waals surface area contributed by atoms with Crippen LogP contribution in [0, 0.1) is 0 Å². The van der Waals surface area contributed by atoms with E-state index in [9.17, 15) is 10.2 Å². The van der Waals surface area contributed by atoms with Crippen LogP contribution in [-0.2, 0) is 0 Å². The molecule has 1 aromatic carbocycles. The molecule has 0 radical (unpaired) electrons. The average Bonchev–Trinajstić information content (AvgIpc) is 2.43. The first-order valence-electron chi connectivity index (χ1n) is 5.30. The SMILES string of the molecule is [N-]=[N+]=NCC(O)C(O)c1ccc2nccnc2c1. The first-order chi connectivity index (χ1) is 8.72. The summed E-state index contributed by atoms with van der Waals surface area (Å²) in [6.45, 7) is -0.184. The molecule has 0 spiro atoms. The smallest absolute Gasteiger partial charge is 0.105 e. The molecule has 0 fully saturated rings. The first kappa shape index (κ1) is 12.3. The molecule has 0 aliphatic carbocycles. The van der Waals surface area contributed by atoms with Crippen molar-refractivity contribution in [1.82, 2.24) is 9.97 Å². The molecule has 1 aromatic heterocycles. The van der Waals surface area contributed by atoms with Crippen LogP contribution >= 0.6 is 0 Å². The molecule has 7 nitrogen and oxygen atoms in total. The van der Waals surface area contributed by atoms with Crippen LogP contribution in [0.5, 0.6) is 0 Å². The zero-order chi connectivity index (χ0) is 13.0. The van der Waals surface area contributed by atoms with Crippen molar-refractivity contribution in [2.24, 2.45) is 5.11 Å². The van der Waals surface area contributed by atoms with Crippen molar-refractivity contribution in [3.8, 4) is 0 Å². The highest BCUT2D eigenvalue weighted by molar-refractivity contribution is 5.74. The molecule has 0 saturated heterocycles. The quantitative estimate of drug-likeness (QED) is 0.480. The Bertz CT molecular complexity index is 597. The molecule has 92 valence electrons. The second-order valence-electron chi connectivity index (χ2n) is 3.73. The molecular weight excluding hydrogens is 234 g/mol. The van der Waals surface area contributed by atoms with Crippen LogP contribution in [-0.4, -0.2) is 32.8 Å². The van der Waals surface area contributed by atoms with Gasteiger partial charge in [0.05, 0.1) is 23.7 Å². The molecule has 2 aromatic rings. The lowest BCUT2D eigenvalue weighted by atomic mass is 10.0. The Kier molecular flexibility index (Phi) is 3.69. The minimum Gasteiger partial charge on any atom is -0.390 e. The van der Waals surface area contributed by atoms with E-state index in [0.717, 1.165) is 0 Å². The minimum absolute atomic E-state index is 0.184. The lowest BCUT2D eigenvalue weighted by Gasteiger charge is -2.16. The van der Waals surface area contributed by atoms with Crippen LogP contribution in [0.3, 0.4) is 0 Å². The summed E-state index contributed by atoms with van der Waals surface area (Å²) in [5.74, 6) is 0. The summed E-state index contributed by atoms with van der Waals surface area (Å²) in [6, 6.07) is 5.01. The van der Waals surface area contributed by atoms with E-state index in [1.807, 2.05) is 0 Å². The molecule has 0 aliphatic heterocycles. The van der Waals surface area contributed by atoms with Gasteiger partial charge in [0.15, 0.2) is 0 Å². The summed E-state index contributed by atoms with van der Waals surface area (Å²) in [5, 5.41) is 22.7. The van der Waals surface area contributed by atoms with Gasteiger partial charge in [0, 0.05) is 17.3 Å². The fourth-order valence-electron chi connectivity index (χ4n) is 1.61. The average molecular weight is 245 g/mol. The van der Waals surface area contributed by atoms with E-state index in [1.165, 1.54) is 0 Å². The summed E-state index contributed by atoms with van der Waals surface area (Å²) in [5.41, 5.74) is 10.00. The molecule has 1 heterocycles. The fraction of sp³-hybridized carbons (Fsp3) is 0.273. The van der Waals surface area contributed by atoms with Crippen molar-refractivity contribution in [1.29, 1.82) is 0 Å². The van der Waals surface area contributed by atoms with Gasteiger partial charge in [-0.3, -0.25) is 9.97 Å². The summed E-state index contributed by atoms with van der Waals surface area (Å²) in [4.78, 5) is 10.7. The summed E-state index contributed by atoms with van der Waals surface area (Å²) in [7, 11) is 0. The van der Waals surface area contributed by atoms with Crippen molar-refractivity contribution in [3.05, 3.63) is 46.6 Å². The fourth-order valence-corrected chi connectivity index (χ4v) is 1.61. The lowest BCUT2D eigenvalue weighted by Crippen LogP contribution is -2.21. The van der Waals surface area contributed by atoms with Crippen molar-refractivity contribution in [2.75, 3.05) is 6.54 Å². The lowest BCUT2D eigenvalue weighted by molar-refractivity contribution is 0.0245. The van der Waals surface area contributed by atoms with Gasteiger partial charge in [0.2, 0.25) is 0 Å². The van der Waals surface area contributed by atoms with Gasteiger partial charge < -0.3 is 10.2 Å². The van der Waals surface area contributed by atoms with E-state index in [0.29, 0.717) is 16.6 Å². The van der Waals surface area contributed by atoms with E-state index in [2.05, 4.69) is 20.0 Å². The maximum absolute atomic E-state index is 9.89. The number of aliphatic hydroxyl groups excluding tert-OH is 2. The molecule has 2 atom stereocenters. The maximum Gasteiger partial charge on any atom is 0.105 e. The zero-order valence-electron chi connectivity index (χ0n) is 9.38. The van der Waals surface area contributed by atoms with Gasteiger partial charge in [-0.25, -0.2) is 0 Å². The number of hydrogen-bond donors (Lipinski definition) is 2. The molecule has 2 rings (SSSR count). The van der Waals surface area contributed by atoms with Crippen LogP contribution in [0.15, 0.2) is 35.7 Å². The number of hydrogen-bond acceptors (Lipinski definition) is 5. The Labute approximate surface area is 102 Å². The predicted molar refractivity (Wildman–Crippen MR) is 64.5 cm³/mol. The highest BCUT2D eigenvalue weighted by atomic mass is 16.3. The maximum atomic E-state index is 9.89. The molecular formula is C11H11N5O2. The van der Waals surface area contributed by atoms with E-state index in [4.69, 9.17) is 5.53 Å². The Morgan fingerprint density at radius 1 is 1.22 bits per heavy atom. The van der Waals surface area contributed by atoms with Gasteiger partial charge >= 0.3 is 0 Å². The summed E-state index contributed by atoms with van der Waals surface area (Å²) in [6.07, 6.45) is 0.862. The summed E-state index contributed by atoms with van der Waals surface area (Å²) >= 11 is 0. The third-order valence-corrected chi connectivity index (χ3v) is 2.53. The van der Waals surface area contributed by atoms with Crippen LogP contribution in [0.4, 0.5) is 0 Å². The van der Waals surface area contributed by atoms with Gasteiger partial charge in [0.1, 0.15) is 6.10 Å². The molecule has 2 unspecified atom stereocenters. The topological polar surface area (TPSA) is 115 Å². The Morgan fingerprint density at radius 2 is 1.94 bits per heavy atom. The highest BCUT2D eigenvalue weighted by Crippen LogP contribution is 2.20. The standard InChI is InChI=1S/C11H11N5O2/c12-16-15-6-10(17)11(18)7-1-2-8-9(5-7)14-4-3-13-8/h1-5,10-11,17-18H,6H2. The summed E-state index contributed by atoms with van der Waals surface area (Å²) < 4.78 is 0. The molecule has 18 heavy (non-hydrogen) atoms. The number of azide groups is 1. The van der Waals surface area contributed by atoms with Crippen LogP contribution in [0.2, 0.25) is 0 Å². The van der Waals surface area contributed by atoms with Crippen LogP contribution < -0.4 is 0 Å². The third-order valence-electron chi connectivity index (χ3n) is 2.53. The highest BCUT2D eigenvalue weighted by Gasteiger charge is 2.17. The third kappa shape index (κ3) is 2.54. The molecule has 0 bridgehead atoms. The molecule has 0 aliphatic rings. The van der Waals surface area contributed by atoms with Crippen molar-refractivity contribution in [2.45, 2.75) is 12.2 Å². The Balaban J connectivity index is 2.27. The largest absolute Gasteiger partial charge is 0.390 e.